The number of piperazine rings is 1. The Morgan fingerprint density at radius 1 is 0.800 bits per heavy atom. The molecule has 0 aromatic heterocycles. The summed E-state index contributed by atoms with van der Waals surface area (Å²) in [6.45, 7) is 21.1. The maximum Gasteiger partial charge on any atom is 0.0126 e. The van der Waals surface area contributed by atoms with Crippen LogP contribution < -0.4 is 5.32 Å². The van der Waals surface area contributed by atoms with Gasteiger partial charge in [-0.05, 0) is 67.5 Å². The molecule has 3 nitrogen and oxygen atoms in total. The topological polar surface area (TPSA) is 18.5 Å². The fraction of sp³-hybridized carbons (Fsp3) is 1.00. The molecule has 0 atom stereocenters. The van der Waals surface area contributed by atoms with Gasteiger partial charge in [0, 0.05) is 37.3 Å². The minimum Gasteiger partial charge on any atom is -0.312 e. The second-order valence-electron chi connectivity index (χ2n) is 8.24. The van der Waals surface area contributed by atoms with Gasteiger partial charge >= 0.3 is 0 Å². The standard InChI is InChI=1S/C17H37N3/c1-16(2,3)18-10-8-7-9-11-19-12-14-20(15-13-19)17(4,5)6/h18H,7-15H2,1-6H3. The van der Waals surface area contributed by atoms with Crippen LogP contribution in [0.4, 0.5) is 0 Å². The summed E-state index contributed by atoms with van der Waals surface area (Å²) < 4.78 is 0. The van der Waals surface area contributed by atoms with Gasteiger partial charge in [0.2, 0.25) is 0 Å². The van der Waals surface area contributed by atoms with Crippen molar-refractivity contribution in [1.82, 2.24) is 15.1 Å². The van der Waals surface area contributed by atoms with Gasteiger partial charge in [-0.3, -0.25) is 4.90 Å². The highest BCUT2D eigenvalue weighted by Crippen LogP contribution is 2.16. The van der Waals surface area contributed by atoms with E-state index in [0.717, 1.165) is 6.54 Å². The smallest absolute Gasteiger partial charge is 0.0126 e. The highest BCUT2D eigenvalue weighted by Gasteiger charge is 2.25. The number of nitrogens with one attached hydrogen (secondary N) is 1. The fourth-order valence-corrected chi connectivity index (χ4v) is 2.74. The molecular formula is C17H37N3. The maximum absolute atomic E-state index is 3.56. The molecule has 1 saturated heterocycles. The first-order chi connectivity index (χ1) is 9.18. The molecule has 1 rings (SSSR count). The van der Waals surface area contributed by atoms with Gasteiger partial charge in [0.1, 0.15) is 0 Å². The first-order valence-electron chi connectivity index (χ1n) is 8.41. The van der Waals surface area contributed by atoms with Crippen LogP contribution in [0.5, 0.6) is 0 Å². The van der Waals surface area contributed by atoms with Crippen LogP contribution in [0.1, 0.15) is 60.8 Å². The summed E-state index contributed by atoms with van der Waals surface area (Å²) in [4.78, 5) is 5.25. The van der Waals surface area contributed by atoms with E-state index >= 15 is 0 Å². The van der Waals surface area contributed by atoms with E-state index < -0.39 is 0 Å². The van der Waals surface area contributed by atoms with E-state index in [1.165, 1.54) is 52.0 Å². The van der Waals surface area contributed by atoms with Crippen LogP contribution in [-0.4, -0.2) is 60.1 Å². The van der Waals surface area contributed by atoms with Gasteiger partial charge in [0.25, 0.3) is 0 Å². The van der Waals surface area contributed by atoms with Crippen molar-refractivity contribution < 1.29 is 0 Å². The minimum atomic E-state index is 0.267. The molecule has 1 heterocycles. The van der Waals surface area contributed by atoms with Crippen molar-refractivity contribution in [2.45, 2.75) is 71.9 Å². The first-order valence-corrected chi connectivity index (χ1v) is 8.41. The molecule has 0 spiro atoms. The number of nitrogens with zero attached hydrogens (tertiary/aromatic N) is 2. The molecule has 3 heteroatoms. The molecule has 0 aromatic rings. The van der Waals surface area contributed by atoms with Crippen molar-refractivity contribution >= 4 is 0 Å². The monoisotopic (exact) mass is 283 g/mol. The molecule has 0 bridgehead atoms. The summed E-state index contributed by atoms with van der Waals surface area (Å²) in [6, 6.07) is 0. The van der Waals surface area contributed by atoms with Gasteiger partial charge < -0.3 is 10.2 Å². The van der Waals surface area contributed by atoms with Crippen molar-refractivity contribution in [3.05, 3.63) is 0 Å². The molecule has 0 amide bonds. The van der Waals surface area contributed by atoms with Crippen LogP contribution in [-0.2, 0) is 0 Å². The average molecular weight is 284 g/mol. The van der Waals surface area contributed by atoms with Gasteiger partial charge in [0.05, 0.1) is 0 Å². The molecule has 0 radical (unpaired) electrons. The highest BCUT2D eigenvalue weighted by atomic mass is 15.3. The van der Waals surface area contributed by atoms with Crippen LogP contribution in [0.25, 0.3) is 0 Å². The van der Waals surface area contributed by atoms with E-state index in [2.05, 4.69) is 56.7 Å². The molecular weight excluding hydrogens is 246 g/mol. The SMILES string of the molecule is CC(C)(C)NCCCCCN1CCN(C(C)(C)C)CC1. The van der Waals surface area contributed by atoms with Gasteiger partial charge in [-0.25, -0.2) is 0 Å². The highest BCUT2D eigenvalue weighted by molar-refractivity contribution is 4.81. The molecule has 120 valence electrons. The summed E-state index contributed by atoms with van der Waals surface area (Å²) >= 11 is 0. The zero-order valence-corrected chi connectivity index (χ0v) is 14.8. The zero-order chi connectivity index (χ0) is 15.2. The lowest BCUT2D eigenvalue weighted by Gasteiger charge is -2.42. The van der Waals surface area contributed by atoms with Crippen molar-refractivity contribution in [2.75, 3.05) is 39.3 Å². The largest absolute Gasteiger partial charge is 0.312 e. The third-order valence-electron chi connectivity index (χ3n) is 4.13. The molecule has 1 N–H and O–H groups in total. The lowest BCUT2D eigenvalue weighted by atomic mass is 10.0. The normalized spacial score (nSPS) is 19.5. The number of unbranched alkanes of at least 4 members (excludes halogenated alkanes) is 2. The summed E-state index contributed by atoms with van der Waals surface area (Å²) in [6.07, 6.45) is 4.00. The Kier molecular flexibility index (Phi) is 6.96. The van der Waals surface area contributed by atoms with Crippen LogP contribution in [0.2, 0.25) is 0 Å². The third-order valence-corrected chi connectivity index (χ3v) is 4.13. The molecule has 1 aliphatic heterocycles. The number of hydrogen-bond acceptors (Lipinski definition) is 3. The summed E-state index contributed by atoms with van der Waals surface area (Å²) in [7, 11) is 0. The Morgan fingerprint density at radius 3 is 1.90 bits per heavy atom. The van der Waals surface area contributed by atoms with Crippen LogP contribution in [0.15, 0.2) is 0 Å². The molecule has 1 aliphatic rings. The Bertz CT molecular complexity index is 254. The zero-order valence-electron chi connectivity index (χ0n) is 14.8. The van der Waals surface area contributed by atoms with E-state index in [4.69, 9.17) is 0 Å². The van der Waals surface area contributed by atoms with Gasteiger partial charge in [-0.1, -0.05) is 6.42 Å². The second kappa shape index (κ2) is 7.77. The lowest BCUT2D eigenvalue weighted by molar-refractivity contribution is 0.0616. The van der Waals surface area contributed by atoms with Crippen molar-refractivity contribution in [1.29, 1.82) is 0 Å². The van der Waals surface area contributed by atoms with E-state index in [-0.39, 0.29) is 5.54 Å². The quantitative estimate of drug-likeness (QED) is 0.756. The van der Waals surface area contributed by atoms with Crippen molar-refractivity contribution in [2.24, 2.45) is 0 Å². The first kappa shape index (κ1) is 17.9. The van der Waals surface area contributed by atoms with Crippen molar-refractivity contribution in [3.8, 4) is 0 Å². The molecule has 0 aromatic carbocycles. The van der Waals surface area contributed by atoms with Crippen LogP contribution in [0, 0.1) is 0 Å². The predicted octanol–water partition coefficient (Wildman–Crippen LogP) is 2.96. The predicted molar refractivity (Wildman–Crippen MR) is 89.4 cm³/mol. The average Bonchev–Trinajstić information content (AvgIpc) is 2.32. The number of rotatable bonds is 6. The fourth-order valence-electron chi connectivity index (χ4n) is 2.74. The summed E-state index contributed by atoms with van der Waals surface area (Å²) in [5.41, 5.74) is 0.605. The van der Waals surface area contributed by atoms with Gasteiger partial charge in [-0.2, -0.15) is 0 Å². The van der Waals surface area contributed by atoms with E-state index in [9.17, 15) is 0 Å². The van der Waals surface area contributed by atoms with Gasteiger partial charge in [-0.15, -0.1) is 0 Å². The number of hydrogen-bond donors (Lipinski definition) is 1. The van der Waals surface area contributed by atoms with Crippen LogP contribution >= 0.6 is 0 Å². The van der Waals surface area contributed by atoms with E-state index in [1.807, 2.05) is 0 Å². The molecule has 20 heavy (non-hydrogen) atoms. The Balaban J connectivity index is 2.02. The summed E-state index contributed by atoms with van der Waals surface area (Å²) in [5.74, 6) is 0. The lowest BCUT2D eigenvalue weighted by Crippen LogP contribution is -2.53. The summed E-state index contributed by atoms with van der Waals surface area (Å²) in [5, 5.41) is 3.56. The van der Waals surface area contributed by atoms with E-state index in [1.54, 1.807) is 0 Å². The molecule has 0 unspecified atom stereocenters. The Morgan fingerprint density at radius 2 is 1.40 bits per heavy atom. The van der Waals surface area contributed by atoms with Crippen LogP contribution in [0.3, 0.4) is 0 Å². The maximum atomic E-state index is 3.56. The van der Waals surface area contributed by atoms with Crippen molar-refractivity contribution in [3.63, 3.8) is 0 Å². The molecule has 1 fully saturated rings. The Hall–Kier alpha value is -0.120. The second-order valence-corrected chi connectivity index (χ2v) is 8.24. The molecule has 0 aliphatic carbocycles. The van der Waals surface area contributed by atoms with E-state index in [0.29, 0.717) is 5.54 Å². The minimum absolute atomic E-state index is 0.267. The third kappa shape index (κ3) is 7.61. The van der Waals surface area contributed by atoms with Gasteiger partial charge in [0.15, 0.2) is 0 Å². The molecule has 0 saturated carbocycles. The Labute approximate surface area is 127 Å².